The first-order valence-corrected chi connectivity index (χ1v) is 7.90. The summed E-state index contributed by atoms with van der Waals surface area (Å²) >= 11 is 0. The Balaban J connectivity index is 2.94. The van der Waals surface area contributed by atoms with E-state index in [1.165, 1.54) is 13.8 Å². The number of hydrogen-bond donors (Lipinski definition) is 2. The normalized spacial score (nSPS) is 12.4. The molecule has 0 radical (unpaired) electrons. The van der Waals surface area contributed by atoms with Crippen LogP contribution in [-0.4, -0.2) is 47.9 Å². The first-order chi connectivity index (χ1) is 12.4. The number of hydrogen-bond acceptors (Lipinski definition) is 7. The number of aliphatic carboxylic acids is 1. The number of esters is 2. The Bertz CT molecular complexity index is 645. The molecule has 1 amide bonds. The first kappa shape index (κ1) is 20.9. The van der Waals surface area contributed by atoms with Gasteiger partial charge in [-0.25, -0.2) is 14.4 Å². The van der Waals surface area contributed by atoms with Crippen LogP contribution in [0, 0.1) is 0 Å². The maximum atomic E-state index is 12.2. The van der Waals surface area contributed by atoms with Gasteiger partial charge in [0.15, 0.2) is 0 Å². The number of rotatable bonds is 9. The Morgan fingerprint density at radius 1 is 1.00 bits per heavy atom. The Morgan fingerprint density at radius 2 is 1.62 bits per heavy atom. The van der Waals surface area contributed by atoms with Crippen LogP contribution in [0.25, 0.3) is 0 Å². The molecule has 0 fully saturated rings. The van der Waals surface area contributed by atoms with Crippen molar-refractivity contribution in [2.75, 3.05) is 13.2 Å². The van der Waals surface area contributed by atoms with Crippen LogP contribution in [0.3, 0.4) is 0 Å². The van der Waals surface area contributed by atoms with E-state index in [9.17, 15) is 24.3 Å². The second-order valence-corrected chi connectivity index (χ2v) is 5.10. The highest BCUT2D eigenvalue weighted by Crippen LogP contribution is 2.16. The van der Waals surface area contributed by atoms with Gasteiger partial charge in [-0.15, -0.1) is 0 Å². The van der Waals surface area contributed by atoms with Crippen LogP contribution in [0.2, 0.25) is 0 Å². The largest absolute Gasteiger partial charge is 0.479 e. The molecular formula is C17H21NO8. The minimum atomic E-state index is -2.64. The molecule has 9 heteroatoms. The van der Waals surface area contributed by atoms with Gasteiger partial charge in [0.1, 0.15) is 6.61 Å². The number of ether oxygens (including phenoxy) is 3. The van der Waals surface area contributed by atoms with Crippen LogP contribution < -0.4 is 5.32 Å². The molecule has 0 heterocycles. The molecule has 0 aliphatic heterocycles. The number of carboxylic acids is 1. The predicted molar refractivity (Wildman–Crippen MR) is 88.0 cm³/mol. The van der Waals surface area contributed by atoms with Gasteiger partial charge in [0, 0.05) is 0 Å². The molecule has 1 rings (SSSR count). The number of benzene rings is 1. The fraction of sp³-hybridized carbons (Fsp3) is 0.412. The van der Waals surface area contributed by atoms with Crippen molar-refractivity contribution in [2.24, 2.45) is 0 Å². The van der Waals surface area contributed by atoms with Crippen molar-refractivity contribution in [1.29, 1.82) is 0 Å². The van der Waals surface area contributed by atoms with Gasteiger partial charge in [-0.1, -0.05) is 30.3 Å². The van der Waals surface area contributed by atoms with Crippen molar-refractivity contribution < 1.29 is 38.5 Å². The molecule has 1 aromatic carbocycles. The molecule has 0 aromatic heterocycles. The van der Waals surface area contributed by atoms with Gasteiger partial charge in [0.2, 0.25) is 5.54 Å². The van der Waals surface area contributed by atoms with Gasteiger partial charge in [-0.3, -0.25) is 10.1 Å². The number of carbonyl (C=O) groups excluding carboxylic acids is 3. The zero-order chi connectivity index (χ0) is 19.6. The van der Waals surface area contributed by atoms with Gasteiger partial charge in [-0.2, -0.15) is 0 Å². The summed E-state index contributed by atoms with van der Waals surface area (Å²) in [6.07, 6.45) is -2.12. The quantitative estimate of drug-likeness (QED) is 0.379. The molecule has 0 saturated heterocycles. The van der Waals surface area contributed by atoms with Crippen LogP contribution in [0.5, 0.6) is 0 Å². The number of alkyl carbamates (subject to hydrolysis) is 1. The summed E-state index contributed by atoms with van der Waals surface area (Å²) in [7, 11) is 0. The fourth-order valence-corrected chi connectivity index (χ4v) is 2.00. The van der Waals surface area contributed by atoms with Crippen LogP contribution in [0.4, 0.5) is 4.79 Å². The van der Waals surface area contributed by atoms with Gasteiger partial charge in [0.05, 0.1) is 19.6 Å². The highest BCUT2D eigenvalue weighted by atomic mass is 16.6. The number of carbonyl (C=O) groups is 4. The lowest BCUT2D eigenvalue weighted by molar-refractivity contribution is -0.167. The third kappa shape index (κ3) is 5.76. The van der Waals surface area contributed by atoms with E-state index in [1.807, 2.05) is 5.32 Å². The summed E-state index contributed by atoms with van der Waals surface area (Å²) < 4.78 is 14.3. The minimum Gasteiger partial charge on any atom is -0.479 e. The smallest absolute Gasteiger partial charge is 0.408 e. The molecule has 142 valence electrons. The number of amides is 1. The Labute approximate surface area is 150 Å². The third-order valence-corrected chi connectivity index (χ3v) is 3.23. The zero-order valence-corrected chi connectivity index (χ0v) is 14.5. The van der Waals surface area contributed by atoms with E-state index >= 15 is 0 Å². The lowest BCUT2D eigenvalue weighted by atomic mass is 9.95. The third-order valence-electron chi connectivity index (χ3n) is 3.23. The Kier molecular flexibility index (Phi) is 8.07. The number of carboxylic acid groups (broad SMARTS) is 1. The molecule has 1 aromatic rings. The maximum Gasteiger partial charge on any atom is 0.408 e. The summed E-state index contributed by atoms with van der Waals surface area (Å²) in [5.74, 6) is -4.04. The molecular weight excluding hydrogens is 346 g/mol. The summed E-state index contributed by atoms with van der Waals surface area (Å²) in [5, 5.41) is 11.4. The van der Waals surface area contributed by atoms with Gasteiger partial charge in [0.25, 0.3) is 0 Å². The standard InChI is InChI=1S/C17H21NO8/c1-3-24-13(19)10-17(14(20)21,15(22)25-4-2)18-16(23)26-11-12-8-6-5-7-9-12/h5-9H,3-4,10-11H2,1-2H3,(H,18,23)(H,20,21). The summed E-state index contributed by atoms with van der Waals surface area (Å²) in [6.45, 7) is 2.67. The molecule has 2 N–H and O–H groups in total. The lowest BCUT2D eigenvalue weighted by Gasteiger charge is -2.26. The average molecular weight is 367 g/mol. The molecule has 0 bridgehead atoms. The number of nitrogens with one attached hydrogen (secondary N) is 1. The van der Waals surface area contributed by atoms with E-state index in [-0.39, 0.29) is 19.8 Å². The van der Waals surface area contributed by atoms with E-state index in [0.717, 1.165) is 0 Å². The SMILES string of the molecule is CCOC(=O)CC(NC(=O)OCc1ccccc1)(C(=O)O)C(=O)OCC. The fourth-order valence-electron chi connectivity index (χ4n) is 2.00. The summed E-state index contributed by atoms with van der Waals surface area (Å²) in [4.78, 5) is 47.7. The summed E-state index contributed by atoms with van der Waals surface area (Å²) in [6, 6.07) is 8.64. The Hall–Kier alpha value is -3.10. The molecule has 1 unspecified atom stereocenters. The van der Waals surface area contributed by atoms with Crippen molar-refractivity contribution in [2.45, 2.75) is 32.4 Å². The van der Waals surface area contributed by atoms with Crippen molar-refractivity contribution in [1.82, 2.24) is 5.32 Å². The van der Waals surface area contributed by atoms with E-state index < -0.39 is 36.0 Å². The predicted octanol–water partition coefficient (Wildman–Crippen LogP) is 1.25. The Morgan fingerprint density at radius 3 is 2.15 bits per heavy atom. The average Bonchev–Trinajstić information content (AvgIpc) is 2.60. The van der Waals surface area contributed by atoms with Crippen molar-refractivity contribution in [3.05, 3.63) is 35.9 Å². The van der Waals surface area contributed by atoms with Gasteiger partial charge in [-0.05, 0) is 19.4 Å². The molecule has 26 heavy (non-hydrogen) atoms. The second-order valence-electron chi connectivity index (χ2n) is 5.10. The molecule has 0 aliphatic carbocycles. The molecule has 0 saturated carbocycles. The first-order valence-electron chi connectivity index (χ1n) is 7.90. The lowest BCUT2D eigenvalue weighted by Crippen LogP contribution is -2.62. The molecule has 0 aliphatic rings. The highest BCUT2D eigenvalue weighted by Gasteiger charge is 2.52. The summed E-state index contributed by atoms with van der Waals surface area (Å²) in [5.41, 5.74) is -1.99. The van der Waals surface area contributed by atoms with Gasteiger partial charge < -0.3 is 19.3 Å². The monoisotopic (exact) mass is 367 g/mol. The highest BCUT2D eigenvalue weighted by molar-refractivity contribution is 6.09. The van der Waals surface area contributed by atoms with E-state index in [2.05, 4.69) is 4.74 Å². The second kappa shape index (κ2) is 10.0. The van der Waals surface area contributed by atoms with E-state index in [4.69, 9.17) is 9.47 Å². The van der Waals surface area contributed by atoms with Gasteiger partial charge >= 0.3 is 24.0 Å². The minimum absolute atomic E-state index is 0.0180. The van der Waals surface area contributed by atoms with Crippen LogP contribution >= 0.6 is 0 Å². The van der Waals surface area contributed by atoms with Crippen LogP contribution in [0.15, 0.2) is 30.3 Å². The maximum absolute atomic E-state index is 12.2. The molecule has 0 spiro atoms. The van der Waals surface area contributed by atoms with E-state index in [1.54, 1.807) is 30.3 Å². The van der Waals surface area contributed by atoms with Crippen LogP contribution in [0.1, 0.15) is 25.8 Å². The van der Waals surface area contributed by atoms with Crippen LogP contribution in [-0.2, 0) is 35.2 Å². The molecule has 1 atom stereocenters. The van der Waals surface area contributed by atoms with E-state index in [0.29, 0.717) is 5.56 Å². The van der Waals surface area contributed by atoms with Crippen molar-refractivity contribution in [3.63, 3.8) is 0 Å². The zero-order valence-electron chi connectivity index (χ0n) is 14.5. The molecule has 9 nitrogen and oxygen atoms in total. The van der Waals surface area contributed by atoms with Crippen molar-refractivity contribution in [3.8, 4) is 0 Å². The van der Waals surface area contributed by atoms with Crippen molar-refractivity contribution >= 4 is 24.0 Å². The topological polar surface area (TPSA) is 128 Å².